The molecule has 0 spiro atoms. The second-order valence-corrected chi connectivity index (χ2v) is 10.8. The highest BCUT2D eigenvalue weighted by molar-refractivity contribution is 5.74. The molecular weight excluding hydrogens is 574 g/mol. The number of halogens is 6. The number of aliphatic carboxylic acids is 3. The van der Waals surface area contributed by atoms with Crippen LogP contribution in [0.2, 0.25) is 0 Å². The van der Waals surface area contributed by atoms with Gasteiger partial charge in [-0.05, 0) is 63.9 Å². The van der Waals surface area contributed by atoms with E-state index >= 15 is 0 Å². The molecule has 1 aromatic carbocycles. The van der Waals surface area contributed by atoms with Crippen LogP contribution in [0.5, 0.6) is 0 Å². The highest BCUT2D eigenvalue weighted by Gasteiger charge is 2.41. The van der Waals surface area contributed by atoms with Gasteiger partial charge in [0.25, 0.3) is 0 Å². The zero-order valence-corrected chi connectivity index (χ0v) is 23.6. The van der Waals surface area contributed by atoms with Crippen LogP contribution in [0.25, 0.3) is 6.08 Å². The van der Waals surface area contributed by atoms with E-state index in [4.69, 9.17) is 19.8 Å². The fourth-order valence-electron chi connectivity index (χ4n) is 4.27. The zero-order chi connectivity index (χ0) is 32.3. The van der Waals surface area contributed by atoms with Gasteiger partial charge in [-0.2, -0.15) is 26.3 Å². The molecule has 0 aliphatic heterocycles. The van der Waals surface area contributed by atoms with Gasteiger partial charge in [-0.1, -0.05) is 48.9 Å². The van der Waals surface area contributed by atoms with E-state index in [1.54, 1.807) is 19.4 Å². The van der Waals surface area contributed by atoms with Crippen molar-refractivity contribution in [2.45, 2.75) is 89.8 Å². The molecule has 2 aliphatic rings. The lowest BCUT2D eigenvalue weighted by Gasteiger charge is -2.32. The fraction of sp³-hybridized carbons (Fsp3) is 0.607. The number of hydrogen-bond acceptors (Lipinski definition) is 5. The minimum Gasteiger partial charge on any atom is -0.481 e. The third-order valence-electron chi connectivity index (χ3n) is 6.90. The molecule has 2 aliphatic carbocycles. The summed E-state index contributed by atoms with van der Waals surface area (Å²) in [7, 11) is 0. The topological polar surface area (TPSA) is 136 Å². The highest BCUT2D eigenvalue weighted by atomic mass is 19.4. The highest BCUT2D eigenvalue weighted by Crippen LogP contribution is 2.40. The van der Waals surface area contributed by atoms with Crippen LogP contribution in [0.3, 0.4) is 0 Å². The monoisotopic (exact) mass is 612 g/mol. The molecule has 2 fully saturated rings. The van der Waals surface area contributed by atoms with Crippen molar-refractivity contribution in [2.24, 2.45) is 11.3 Å². The summed E-state index contributed by atoms with van der Waals surface area (Å²) < 4.78 is 63.5. The number of carbonyl (C=O) groups is 3. The van der Waals surface area contributed by atoms with Crippen LogP contribution in [0.1, 0.15) is 64.9 Å². The number of nitrogens with one attached hydrogen (secondary N) is 2. The Labute approximate surface area is 240 Å². The molecule has 2 saturated carbocycles. The Kier molecular flexibility index (Phi) is 14.0. The average molecular weight is 613 g/mol. The minimum atomic E-state index is -5.08. The molecule has 5 N–H and O–H groups in total. The molecule has 1 aromatic rings. The first-order chi connectivity index (χ1) is 19.3. The quantitative estimate of drug-likeness (QED) is 0.223. The van der Waals surface area contributed by atoms with E-state index in [-0.39, 0.29) is 0 Å². The van der Waals surface area contributed by atoms with Crippen molar-refractivity contribution in [3.8, 4) is 0 Å². The smallest absolute Gasteiger partial charge is 0.481 e. The van der Waals surface area contributed by atoms with Gasteiger partial charge in [-0.15, -0.1) is 0 Å². The normalized spacial score (nSPS) is 22.5. The standard InChI is InChI=1S/C24H36N2O2.2C2HF3O2/c1-4-18(14-17-8-6-5-7-9-17)21-15-22(21)26-20-12-10-19(11-13-20)25-16-24(2,3)23(27)28;2*3-2(4,5)1(6)7/h5-9,14,19-22,25-26H,4,10-13,15-16H2,1-3H3,(H,27,28);2*(H,6,7)/b18-14+;;/t19?,20?,21-,22+;;/m0../s1. The molecular formula is C28H38F6N2O6. The lowest BCUT2D eigenvalue weighted by molar-refractivity contribution is -0.193. The van der Waals surface area contributed by atoms with Crippen molar-refractivity contribution in [3.63, 3.8) is 0 Å². The first-order valence-electron chi connectivity index (χ1n) is 13.4. The third-order valence-corrected chi connectivity index (χ3v) is 6.90. The van der Waals surface area contributed by atoms with Crippen molar-refractivity contribution in [3.05, 3.63) is 41.5 Å². The number of carboxylic acids is 3. The number of alkyl halides is 6. The summed E-state index contributed by atoms with van der Waals surface area (Å²) in [6.07, 6.45) is -0.796. The number of benzene rings is 1. The minimum absolute atomic E-state index is 0.454. The van der Waals surface area contributed by atoms with Gasteiger partial charge in [0.2, 0.25) is 0 Å². The number of rotatable bonds is 9. The molecule has 14 heteroatoms. The Morgan fingerprint density at radius 3 is 1.69 bits per heavy atom. The Morgan fingerprint density at radius 1 is 0.833 bits per heavy atom. The maximum atomic E-state index is 11.2. The molecule has 0 heterocycles. The van der Waals surface area contributed by atoms with Crippen molar-refractivity contribution in [2.75, 3.05) is 6.54 Å². The molecule has 0 unspecified atom stereocenters. The molecule has 0 aromatic heterocycles. The largest absolute Gasteiger partial charge is 0.490 e. The van der Waals surface area contributed by atoms with E-state index < -0.39 is 35.7 Å². The van der Waals surface area contributed by atoms with Crippen molar-refractivity contribution in [1.29, 1.82) is 0 Å². The van der Waals surface area contributed by atoms with Gasteiger partial charge in [0.15, 0.2) is 0 Å². The van der Waals surface area contributed by atoms with Crippen LogP contribution in [-0.4, -0.2) is 70.3 Å². The zero-order valence-electron chi connectivity index (χ0n) is 23.6. The van der Waals surface area contributed by atoms with Gasteiger partial charge in [0, 0.05) is 24.7 Å². The first-order valence-corrected chi connectivity index (χ1v) is 13.4. The van der Waals surface area contributed by atoms with Gasteiger partial charge < -0.3 is 26.0 Å². The number of carboxylic acid groups (broad SMARTS) is 3. The summed E-state index contributed by atoms with van der Waals surface area (Å²) in [5, 5.41) is 30.9. The summed E-state index contributed by atoms with van der Waals surface area (Å²) in [5.74, 6) is -5.55. The Hall–Kier alpha value is -3.13. The molecule has 0 saturated heterocycles. The van der Waals surface area contributed by atoms with E-state index in [0.29, 0.717) is 30.6 Å². The average Bonchev–Trinajstić information content (AvgIpc) is 3.65. The van der Waals surface area contributed by atoms with Crippen molar-refractivity contribution >= 4 is 24.0 Å². The van der Waals surface area contributed by atoms with E-state index in [2.05, 4.69) is 54.0 Å². The molecule has 2 atom stereocenters. The summed E-state index contributed by atoms with van der Waals surface area (Å²) >= 11 is 0. The fourth-order valence-corrected chi connectivity index (χ4v) is 4.27. The lowest BCUT2D eigenvalue weighted by Crippen LogP contribution is -2.45. The van der Waals surface area contributed by atoms with E-state index in [9.17, 15) is 36.2 Å². The first kappa shape index (κ1) is 36.9. The van der Waals surface area contributed by atoms with Gasteiger partial charge in [0.1, 0.15) is 0 Å². The third kappa shape index (κ3) is 13.7. The predicted octanol–water partition coefficient (Wildman–Crippen LogP) is 5.74. The van der Waals surface area contributed by atoms with Gasteiger partial charge in [0.05, 0.1) is 5.41 Å². The van der Waals surface area contributed by atoms with Crippen LogP contribution in [0, 0.1) is 11.3 Å². The van der Waals surface area contributed by atoms with Crippen LogP contribution in [0.4, 0.5) is 26.3 Å². The van der Waals surface area contributed by atoms with E-state index in [0.717, 1.165) is 19.3 Å². The summed E-state index contributed by atoms with van der Waals surface area (Å²) in [6, 6.07) is 12.3. The SMILES string of the molecule is CC/C(=C\c1ccccc1)[C@@H]1C[C@H]1NC1CCC(NCC(C)(C)C(=O)O)CC1.O=C(O)C(F)(F)F.O=C(O)C(F)(F)F. The van der Waals surface area contributed by atoms with Gasteiger partial charge in [-0.3, -0.25) is 4.79 Å². The summed E-state index contributed by atoms with van der Waals surface area (Å²) in [5.41, 5.74) is 2.17. The van der Waals surface area contributed by atoms with E-state index in [1.165, 1.54) is 24.8 Å². The second-order valence-electron chi connectivity index (χ2n) is 10.8. The maximum Gasteiger partial charge on any atom is 0.490 e. The molecule has 0 radical (unpaired) electrons. The van der Waals surface area contributed by atoms with Crippen molar-refractivity contribution < 1.29 is 56.0 Å². The summed E-state index contributed by atoms with van der Waals surface area (Å²) in [4.78, 5) is 29.0. The van der Waals surface area contributed by atoms with Crippen molar-refractivity contribution in [1.82, 2.24) is 10.6 Å². The van der Waals surface area contributed by atoms with Crippen LogP contribution >= 0.6 is 0 Å². The molecule has 3 rings (SSSR count). The molecule has 42 heavy (non-hydrogen) atoms. The van der Waals surface area contributed by atoms with Crippen LogP contribution < -0.4 is 10.6 Å². The number of hydrogen-bond donors (Lipinski definition) is 5. The maximum absolute atomic E-state index is 11.2. The molecule has 0 bridgehead atoms. The Balaban J connectivity index is 0.000000522. The van der Waals surface area contributed by atoms with Gasteiger partial charge in [-0.25, -0.2) is 9.59 Å². The summed E-state index contributed by atoms with van der Waals surface area (Å²) in [6.45, 7) is 6.38. The predicted molar refractivity (Wildman–Crippen MR) is 143 cm³/mol. The molecule has 238 valence electrons. The second kappa shape index (κ2) is 15.9. The van der Waals surface area contributed by atoms with Gasteiger partial charge >= 0.3 is 30.3 Å². The molecule has 8 nitrogen and oxygen atoms in total. The Morgan fingerprint density at radius 2 is 1.29 bits per heavy atom. The lowest BCUT2D eigenvalue weighted by atomic mass is 9.88. The molecule has 0 amide bonds. The Bertz CT molecular complexity index is 1030. The van der Waals surface area contributed by atoms with Crippen LogP contribution in [-0.2, 0) is 14.4 Å². The van der Waals surface area contributed by atoms with E-state index in [1.807, 2.05) is 0 Å². The van der Waals surface area contributed by atoms with Crippen LogP contribution in [0.15, 0.2) is 35.9 Å².